The maximum absolute atomic E-state index is 10.7. The molecule has 0 aliphatic carbocycles. The van der Waals surface area contributed by atoms with Gasteiger partial charge >= 0.3 is 0 Å². The van der Waals surface area contributed by atoms with E-state index in [4.69, 9.17) is 0 Å². The van der Waals surface area contributed by atoms with Crippen molar-refractivity contribution in [3.63, 3.8) is 0 Å². The van der Waals surface area contributed by atoms with Gasteiger partial charge in [0.1, 0.15) is 0 Å². The first-order valence-electron chi connectivity index (χ1n) is 5.28. The molecule has 88 valence electrons. The minimum absolute atomic E-state index is 0.136. The van der Waals surface area contributed by atoms with Gasteiger partial charge in [0.05, 0.1) is 4.92 Å². The number of nitro benzene ring substituents is 1. The van der Waals surface area contributed by atoms with Crippen molar-refractivity contribution in [3.05, 3.63) is 33.9 Å². The van der Waals surface area contributed by atoms with Gasteiger partial charge in [-0.3, -0.25) is 10.1 Å². The lowest BCUT2D eigenvalue weighted by atomic mass is 9.97. The second-order valence-electron chi connectivity index (χ2n) is 5.23. The van der Waals surface area contributed by atoms with Gasteiger partial charge in [-0.1, -0.05) is 20.8 Å². The summed E-state index contributed by atoms with van der Waals surface area (Å²) >= 11 is 0. The number of hydrogen-bond acceptors (Lipinski definition) is 3. The zero-order valence-corrected chi connectivity index (χ0v) is 10.2. The van der Waals surface area contributed by atoms with Crippen molar-refractivity contribution < 1.29 is 4.92 Å². The summed E-state index contributed by atoms with van der Waals surface area (Å²) in [4.78, 5) is 10.3. The van der Waals surface area contributed by atoms with Gasteiger partial charge in [0, 0.05) is 24.4 Å². The van der Waals surface area contributed by atoms with E-state index in [1.165, 1.54) is 0 Å². The number of nitrogens with zero attached hydrogens (tertiary/aromatic N) is 1. The molecule has 4 heteroatoms. The fourth-order valence-electron chi connectivity index (χ4n) is 1.34. The molecule has 0 unspecified atom stereocenters. The predicted octanol–water partition coefficient (Wildman–Crippen LogP) is 3.36. The van der Waals surface area contributed by atoms with Crippen LogP contribution in [0.25, 0.3) is 0 Å². The van der Waals surface area contributed by atoms with Gasteiger partial charge in [-0.2, -0.15) is 0 Å². The lowest BCUT2D eigenvalue weighted by molar-refractivity contribution is -0.384. The molecule has 1 N–H and O–H groups in total. The number of benzene rings is 1. The van der Waals surface area contributed by atoms with Crippen LogP contribution in [0.15, 0.2) is 18.2 Å². The SMILES string of the molecule is Cc1cc(NCC(C)(C)C)cc([N+](=O)[O-])c1. The number of hydrogen-bond donors (Lipinski definition) is 1. The molecular weight excluding hydrogens is 204 g/mol. The van der Waals surface area contributed by atoms with E-state index in [1.807, 2.05) is 13.0 Å². The molecule has 0 radical (unpaired) electrons. The smallest absolute Gasteiger partial charge is 0.271 e. The topological polar surface area (TPSA) is 55.2 Å². The van der Waals surface area contributed by atoms with Gasteiger partial charge in [0.15, 0.2) is 0 Å². The molecule has 0 atom stereocenters. The summed E-state index contributed by atoms with van der Waals surface area (Å²) in [5.41, 5.74) is 1.99. The molecule has 1 aromatic carbocycles. The van der Waals surface area contributed by atoms with Crippen molar-refractivity contribution in [2.75, 3.05) is 11.9 Å². The fraction of sp³-hybridized carbons (Fsp3) is 0.500. The summed E-state index contributed by atoms with van der Waals surface area (Å²) in [6.07, 6.45) is 0. The Morgan fingerprint density at radius 3 is 2.44 bits per heavy atom. The van der Waals surface area contributed by atoms with E-state index in [0.29, 0.717) is 0 Å². The standard InChI is InChI=1S/C12H18N2O2/c1-9-5-10(13-8-12(2,3)4)7-11(6-9)14(15)16/h5-7,13H,8H2,1-4H3. The van der Waals surface area contributed by atoms with Gasteiger partial charge < -0.3 is 5.32 Å². The molecule has 16 heavy (non-hydrogen) atoms. The van der Waals surface area contributed by atoms with Crippen molar-refractivity contribution in [3.8, 4) is 0 Å². The van der Waals surface area contributed by atoms with Crippen LogP contribution in [-0.4, -0.2) is 11.5 Å². The van der Waals surface area contributed by atoms with E-state index >= 15 is 0 Å². The van der Waals surface area contributed by atoms with Crippen LogP contribution in [0.1, 0.15) is 26.3 Å². The lowest BCUT2D eigenvalue weighted by Gasteiger charge is -2.19. The highest BCUT2D eigenvalue weighted by Gasteiger charge is 2.12. The molecule has 1 rings (SSSR count). The summed E-state index contributed by atoms with van der Waals surface area (Å²) in [6, 6.07) is 5.06. The molecule has 0 fully saturated rings. The molecule has 0 aliphatic heterocycles. The van der Waals surface area contributed by atoms with E-state index in [1.54, 1.807) is 12.1 Å². The van der Waals surface area contributed by atoms with Crippen LogP contribution in [0.2, 0.25) is 0 Å². The Hall–Kier alpha value is -1.58. The Morgan fingerprint density at radius 2 is 1.94 bits per heavy atom. The van der Waals surface area contributed by atoms with Crippen LogP contribution in [0, 0.1) is 22.5 Å². The van der Waals surface area contributed by atoms with Gasteiger partial charge in [0.25, 0.3) is 5.69 Å². The second kappa shape index (κ2) is 4.51. The number of aryl methyl sites for hydroxylation is 1. The average molecular weight is 222 g/mol. The lowest BCUT2D eigenvalue weighted by Crippen LogP contribution is -2.19. The molecule has 1 aromatic rings. The Kier molecular flexibility index (Phi) is 3.52. The molecule has 0 bridgehead atoms. The summed E-state index contributed by atoms with van der Waals surface area (Å²) in [6.45, 7) is 8.99. The van der Waals surface area contributed by atoms with E-state index in [2.05, 4.69) is 26.1 Å². The van der Waals surface area contributed by atoms with E-state index in [-0.39, 0.29) is 16.0 Å². The highest BCUT2D eigenvalue weighted by molar-refractivity contribution is 5.53. The zero-order chi connectivity index (χ0) is 12.3. The number of nitro groups is 1. The Morgan fingerprint density at radius 1 is 1.31 bits per heavy atom. The van der Waals surface area contributed by atoms with Crippen molar-refractivity contribution in [2.24, 2.45) is 5.41 Å². The highest BCUT2D eigenvalue weighted by atomic mass is 16.6. The van der Waals surface area contributed by atoms with E-state index < -0.39 is 0 Å². The van der Waals surface area contributed by atoms with Crippen LogP contribution < -0.4 is 5.32 Å². The number of rotatable bonds is 3. The summed E-state index contributed by atoms with van der Waals surface area (Å²) < 4.78 is 0. The summed E-state index contributed by atoms with van der Waals surface area (Å²) in [5.74, 6) is 0. The third kappa shape index (κ3) is 3.88. The third-order valence-corrected chi connectivity index (χ3v) is 2.10. The predicted molar refractivity (Wildman–Crippen MR) is 65.8 cm³/mol. The third-order valence-electron chi connectivity index (χ3n) is 2.10. The normalized spacial score (nSPS) is 11.2. The summed E-state index contributed by atoms with van der Waals surface area (Å²) in [5, 5.41) is 13.9. The molecule has 0 heterocycles. The first-order valence-corrected chi connectivity index (χ1v) is 5.28. The number of anilines is 1. The molecule has 0 spiro atoms. The van der Waals surface area contributed by atoms with Gasteiger partial charge in [-0.25, -0.2) is 0 Å². The van der Waals surface area contributed by atoms with Crippen molar-refractivity contribution in [2.45, 2.75) is 27.7 Å². The maximum atomic E-state index is 10.7. The molecular formula is C12H18N2O2. The zero-order valence-electron chi connectivity index (χ0n) is 10.2. The van der Waals surface area contributed by atoms with Gasteiger partial charge in [-0.15, -0.1) is 0 Å². The van der Waals surface area contributed by atoms with Crippen molar-refractivity contribution >= 4 is 11.4 Å². The molecule has 4 nitrogen and oxygen atoms in total. The number of nitrogens with one attached hydrogen (secondary N) is 1. The van der Waals surface area contributed by atoms with Gasteiger partial charge in [-0.05, 0) is 24.0 Å². The first kappa shape index (κ1) is 12.5. The van der Waals surface area contributed by atoms with Gasteiger partial charge in [0.2, 0.25) is 0 Å². The largest absolute Gasteiger partial charge is 0.384 e. The van der Waals surface area contributed by atoms with Crippen LogP contribution >= 0.6 is 0 Å². The molecule has 0 aromatic heterocycles. The monoisotopic (exact) mass is 222 g/mol. The minimum atomic E-state index is -0.366. The molecule has 0 aliphatic rings. The summed E-state index contributed by atoms with van der Waals surface area (Å²) in [7, 11) is 0. The minimum Gasteiger partial charge on any atom is -0.384 e. The quantitative estimate of drug-likeness (QED) is 0.630. The van der Waals surface area contributed by atoms with Crippen LogP contribution in [-0.2, 0) is 0 Å². The highest BCUT2D eigenvalue weighted by Crippen LogP contribution is 2.22. The second-order valence-corrected chi connectivity index (χ2v) is 5.23. The number of non-ortho nitro benzene ring substituents is 1. The Balaban J connectivity index is 2.85. The van der Waals surface area contributed by atoms with E-state index in [0.717, 1.165) is 17.8 Å². The fourth-order valence-corrected chi connectivity index (χ4v) is 1.34. The molecule has 0 saturated heterocycles. The van der Waals surface area contributed by atoms with Crippen molar-refractivity contribution in [1.29, 1.82) is 0 Å². The maximum Gasteiger partial charge on any atom is 0.271 e. The Bertz CT molecular complexity index is 394. The molecule has 0 saturated carbocycles. The van der Waals surface area contributed by atoms with Crippen LogP contribution in [0.5, 0.6) is 0 Å². The Labute approximate surface area is 95.8 Å². The van der Waals surface area contributed by atoms with Crippen LogP contribution in [0.3, 0.4) is 0 Å². The molecule has 0 amide bonds. The average Bonchev–Trinajstić information content (AvgIpc) is 2.13. The van der Waals surface area contributed by atoms with E-state index in [9.17, 15) is 10.1 Å². The first-order chi connectivity index (χ1) is 7.28. The van der Waals surface area contributed by atoms with Crippen LogP contribution in [0.4, 0.5) is 11.4 Å². The van der Waals surface area contributed by atoms with Crippen molar-refractivity contribution in [1.82, 2.24) is 0 Å².